The summed E-state index contributed by atoms with van der Waals surface area (Å²) < 4.78 is 0. The summed E-state index contributed by atoms with van der Waals surface area (Å²) in [6, 6.07) is 0. The van der Waals surface area contributed by atoms with Crippen LogP contribution in [0.5, 0.6) is 0 Å². The van der Waals surface area contributed by atoms with Gasteiger partial charge in [-0.2, -0.15) is 0 Å². The van der Waals surface area contributed by atoms with E-state index >= 15 is 0 Å². The summed E-state index contributed by atoms with van der Waals surface area (Å²) in [5, 5.41) is 0. The monoisotopic (exact) mass is 226 g/mol. The summed E-state index contributed by atoms with van der Waals surface area (Å²) in [5.74, 6) is 0.518. The lowest BCUT2D eigenvalue weighted by Gasteiger charge is -2.01. The van der Waals surface area contributed by atoms with E-state index in [9.17, 15) is 9.59 Å². The molecule has 0 aromatic carbocycles. The van der Waals surface area contributed by atoms with Crippen LogP contribution in [0, 0.1) is 0 Å². The first kappa shape index (κ1) is 15.3. The molecule has 0 bridgehead atoms. The Kier molecular flexibility index (Phi) is 10.4. The number of hydrogen-bond donors (Lipinski definition) is 0. The van der Waals surface area contributed by atoms with Crippen molar-refractivity contribution in [3.05, 3.63) is 0 Å². The molecule has 16 heavy (non-hydrogen) atoms. The van der Waals surface area contributed by atoms with Gasteiger partial charge in [0.25, 0.3) is 0 Å². The molecule has 0 unspecified atom stereocenters. The van der Waals surface area contributed by atoms with Gasteiger partial charge in [-0.3, -0.25) is 4.79 Å². The normalized spacial score (nSPS) is 10.4. The maximum Gasteiger partial charge on any atom is 0.132 e. The van der Waals surface area contributed by atoms with Gasteiger partial charge in [0, 0.05) is 19.3 Å². The highest BCUT2D eigenvalue weighted by molar-refractivity contribution is 5.80. The third-order valence-electron chi connectivity index (χ3n) is 2.79. The molecule has 0 amide bonds. The zero-order chi connectivity index (χ0) is 12.2. The largest absolute Gasteiger partial charge is 0.300 e. The third kappa shape index (κ3) is 11.4. The van der Waals surface area contributed by atoms with E-state index in [1.54, 1.807) is 6.92 Å². The van der Waals surface area contributed by atoms with Crippen LogP contribution in [0.15, 0.2) is 0 Å². The molecular formula is C14H26O2. The van der Waals surface area contributed by atoms with Crippen LogP contribution in [0.2, 0.25) is 0 Å². The van der Waals surface area contributed by atoms with Gasteiger partial charge in [0.15, 0.2) is 0 Å². The molecule has 2 nitrogen and oxygen atoms in total. The quantitative estimate of drug-likeness (QED) is 0.498. The standard InChI is InChI=1S/C14H26O2/c1-3-4-5-6-7-8-11-14(16)12-9-10-13(2)15/h3-12H2,1-2H3. The van der Waals surface area contributed by atoms with E-state index in [1.165, 1.54) is 32.1 Å². The van der Waals surface area contributed by atoms with Gasteiger partial charge in [-0.15, -0.1) is 0 Å². The van der Waals surface area contributed by atoms with E-state index in [1.807, 2.05) is 0 Å². The maximum atomic E-state index is 11.4. The van der Waals surface area contributed by atoms with Crippen molar-refractivity contribution in [2.24, 2.45) is 0 Å². The van der Waals surface area contributed by atoms with Gasteiger partial charge in [0.2, 0.25) is 0 Å². The Hall–Kier alpha value is -0.660. The summed E-state index contributed by atoms with van der Waals surface area (Å²) in [6.45, 7) is 3.79. The Morgan fingerprint density at radius 1 is 0.750 bits per heavy atom. The van der Waals surface area contributed by atoms with Gasteiger partial charge in [0.05, 0.1) is 0 Å². The molecule has 0 aliphatic rings. The highest BCUT2D eigenvalue weighted by Crippen LogP contribution is 2.09. The summed E-state index contributed by atoms with van der Waals surface area (Å²) in [4.78, 5) is 22.1. The molecular weight excluding hydrogens is 200 g/mol. The fourth-order valence-electron chi connectivity index (χ4n) is 1.76. The van der Waals surface area contributed by atoms with Crippen LogP contribution in [-0.2, 0) is 9.59 Å². The first-order valence-corrected chi connectivity index (χ1v) is 6.68. The second-order valence-corrected chi connectivity index (χ2v) is 4.61. The lowest BCUT2D eigenvalue weighted by atomic mass is 10.0. The molecule has 0 aromatic heterocycles. The van der Waals surface area contributed by atoms with Crippen molar-refractivity contribution < 1.29 is 9.59 Å². The molecule has 0 fully saturated rings. The molecule has 0 atom stereocenters. The Balaban J connectivity index is 3.20. The number of ketones is 2. The molecule has 94 valence electrons. The topological polar surface area (TPSA) is 34.1 Å². The van der Waals surface area contributed by atoms with Crippen molar-refractivity contribution >= 4 is 11.6 Å². The van der Waals surface area contributed by atoms with Crippen molar-refractivity contribution in [2.75, 3.05) is 0 Å². The second kappa shape index (κ2) is 10.8. The van der Waals surface area contributed by atoms with Crippen molar-refractivity contribution in [2.45, 2.75) is 78.1 Å². The molecule has 0 radical (unpaired) electrons. The highest BCUT2D eigenvalue weighted by atomic mass is 16.1. The molecule has 2 heteroatoms. The SMILES string of the molecule is CCCCCCCCC(=O)CCCC(C)=O. The molecule has 0 aliphatic carbocycles. The van der Waals surface area contributed by atoms with E-state index in [-0.39, 0.29) is 5.78 Å². The van der Waals surface area contributed by atoms with Gasteiger partial charge in [-0.25, -0.2) is 0 Å². The Morgan fingerprint density at radius 3 is 1.94 bits per heavy atom. The fraction of sp³-hybridized carbons (Fsp3) is 0.857. The minimum absolute atomic E-state index is 0.187. The smallest absolute Gasteiger partial charge is 0.132 e. The summed E-state index contributed by atoms with van der Waals surface area (Å²) in [6.07, 6.45) is 9.95. The minimum atomic E-state index is 0.187. The zero-order valence-corrected chi connectivity index (χ0v) is 10.9. The third-order valence-corrected chi connectivity index (χ3v) is 2.79. The first-order chi connectivity index (χ1) is 7.66. The molecule has 0 rings (SSSR count). The van der Waals surface area contributed by atoms with E-state index in [0.717, 1.165) is 12.8 Å². The van der Waals surface area contributed by atoms with Crippen LogP contribution in [0.1, 0.15) is 78.1 Å². The van der Waals surface area contributed by atoms with Crippen molar-refractivity contribution in [3.63, 3.8) is 0 Å². The van der Waals surface area contributed by atoms with Crippen LogP contribution < -0.4 is 0 Å². The number of unbranched alkanes of at least 4 members (excludes halogenated alkanes) is 5. The van der Waals surface area contributed by atoms with Gasteiger partial charge in [0.1, 0.15) is 11.6 Å². The van der Waals surface area contributed by atoms with Gasteiger partial charge in [-0.1, -0.05) is 39.0 Å². The van der Waals surface area contributed by atoms with Gasteiger partial charge >= 0.3 is 0 Å². The molecule has 0 saturated heterocycles. The Morgan fingerprint density at radius 2 is 1.31 bits per heavy atom. The van der Waals surface area contributed by atoms with Crippen molar-refractivity contribution in [1.29, 1.82) is 0 Å². The summed E-state index contributed by atoms with van der Waals surface area (Å²) >= 11 is 0. The second-order valence-electron chi connectivity index (χ2n) is 4.61. The number of Topliss-reactive ketones (excluding diaryl/α,β-unsaturated/α-hetero) is 2. The van der Waals surface area contributed by atoms with Crippen LogP contribution in [0.4, 0.5) is 0 Å². The predicted octanol–water partition coefficient (Wildman–Crippen LogP) is 4.07. The Bertz CT molecular complexity index is 197. The van der Waals surface area contributed by atoms with E-state index in [0.29, 0.717) is 25.0 Å². The molecule has 0 aliphatic heterocycles. The molecule has 0 N–H and O–H groups in total. The summed E-state index contributed by atoms with van der Waals surface area (Å²) in [5.41, 5.74) is 0. The molecule has 0 spiro atoms. The fourth-order valence-corrected chi connectivity index (χ4v) is 1.76. The van der Waals surface area contributed by atoms with Crippen molar-refractivity contribution in [3.8, 4) is 0 Å². The maximum absolute atomic E-state index is 11.4. The zero-order valence-electron chi connectivity index (χ0n) is 10.9. The van der Waals surface area contributed by atoms with E-state index in [2.05, 4.69) is 6.92 Å². The molecule has 0 aromatic rings. The minimum Gasteiger partial charge on any atom is -0.300 e. The van der Waals surface area contributed by atoms with Crippen LogP contribution >= 0.6 is 0 Å². The summed E-state index contributed by atoms with van der Waals surface area (Å²) in [7, 11) is 0. The van der Waals surface area contributed by atoms with Crippen molar-refractivity contribution in [1.82, 2.24) is 0 Å². The van der Waals surface area contributed by atoms with Gasteiger partial charge < -0.3 is 4.79 Å². The number of carbonyl (C=O) groups is 2. The average Bonchev–Trinajstić information content (AvgIpc) is 2.22. The average molecular weight is 226 g/mol. The molecule has 0 heterocycles. The van der Waals surface area contributed by atoms with Crippen LogP contribution in [-0.4, -0.2) is 11.6 Å². The Labute approximate surface area is 99.8 Å². The highest BCUT2D eigenvalue weighted by Gasteiger charge is 2.02. The lowest BCUT2D eigenvalue weighted by Crippen LogP contribution is -1.99. The lowest BCUT2D eigenvalue weighted by molar-refractivity contribution is -0.119. The molecule has 0 saturated carbocycles. The van der Waals surface area contributed by atoms with Crippen LogP contribution in [0.3, 0.4) is 0 Å². The van der Waals surface area contributed by atoms with Gasteiger partial charge in [-0.05, 0) is 19.8 Å². The predicted molar refractivity (Wildman–Crippen MR) is 67.5 cm³/mol. The van der Waals surface area contributed by atoms with E-state index < -0.39 is 0 Å². The van der Waals surface area contributed by atoms with Crippen LogP contribution in [0.25, 0.3) is 0 Å². The van der Waals surface area contributed by atoms with E-state index in [4.69, 9.17) is 0 Å². The number of hydrogen-bond acceptors (Lipinski definition) is 2. The first-order valence-electron chi connectivity index (χ1n) is 6.68. The number of rotatable bonds is 11. The number of carbonyl (C=O) groups excluding carboxylic acids is 2.